The van der Waals surface area contributed by atoms with Gasteiger partial charge in [-0.1, -0.05) is 36.4 Å². The first-order valence-corrected chi connectivity index (χ1v) is 7.73. The number of halogens is 1. The van der Waals surface area contributed by atoms with E-state index in [-0.39, 0.29) is 11.4 Å². The van der Waals surface area contributed by atoms with Gasteiger partial charge in [0.1, 0.15) is 11.4 Å². The van der Waals surface area contributed by atoms with Gasteiger partial charge < -0.3 is 9.72 Å². The van der Waals surface area contributed by atoms with E-state index in [9.17, 15) is 14.0 Å². The second-order valence-electron chi connectivity index (χ2n) is 5.54. The van der Waals surface area contributed by atoms with E-state index in [4.69, 9.17) is 4.74 Å². The van der Waals surface area contributed by atoms with Crippen LogP contribution in [0.3, 0.4) is 0 Å². The molecule has 0 saturated heterocycles. The van der Waals surface area contributed by atoms with Crippen LogP contribution >= 0.6 is 0 Å². The number of aromatic nitrogens is 1. The summed E-state index contributed by atoms with van der Waals surface area (Å²) in [5.41, 5.74) is 2.79. The first kappa shape index (κ1) is 16.6. The second-order valence-corrected chi connectivity index (χ2v) is 5.54. The molecule has 4 nitrogen and oxygen atoms in total. The Morgan fingerprint density at radius 2 is 1.76 bits per heavy atom. The number of methoxy groups -OCH3 is 1. The number of esters is 1. The SMILES string of the molecule is COC(=O)c1c(Cc2ccccc2-c2ccc(F)cc2)cc[nH]c1=O. The molecule has 3 aromatic rings. The van der Waals surface area contributed by atoms with Crippen molar-refractivity contribution < 1.29 is 13.9 Å². The highest BCUT2D eigenvalue weighted by molar-refractivity contribution is 5.90. The van der Waals surface area contributed by atoms with E-state index < -0.39 is 11.5 Å². The summed E-state index contributed by atoms with van der Waals surface area (Å²) in [6.45, 7) is 0. The van der Waals surface area contributed by atoms with Gasteiger partial charge in [-0.2, -0.15) is 0 Å². The Morgan fingerprint density at radius 1 is 1.04 bits per heavy atom. The molecule has 0 aliphatic carbocycles. The van der Waals surface area contributed by atoms with Crippen LogP contribution in [-0.2, 0) is 11.2 Å². The van der Waals surface area contributed by atoms with Crippen LogP contribution in [0.15, 0.2) is 65.6 Å². The lowest BCUT2D eigenvalue weighted by Gasteiger charge is -2.12. The maximum Gasteiger partial charge on any atom is 0.343 e. The van der Waals surface area contributed by atoms with Gasteiger partial charge in [-0.05, 0) is 46.9 Å². The van der Waals surface area contributed by atoms with Gasteiger partial charge in [0.25, 0.3) is 5.56 Å². The van der Waals surface area contributed by atoms with E-state index in [0.717, 1.165) is 16.7 Å². The van der Waals surface area contributed by atoms with Crippen LogP contribution in [0.1, 0.15) is 21.5 Å². The lowest BCUT2D eigenvalue weighted by atomic mass is 9.93. The van der Waals surface area contributed by atoms with Crippen LogP contribution < -0.4 is 5.56 Å². The normalized spacial score (nSPS) is 10.5. The van der Waals surface area contributed by atoms with Gasteiger partial charge in [-0.25, -0.2) is 9.18 Å². The summed E-state index contributed by atoms with van der Waals surface area (Å²) in [7, 11) is 1.24. The number of carbonyl (C=O) groups is 1. The third kappa shape index (κ3) is 3.50. The number of nitrogens with one attached hydrogen (secondary N) is 1. The number of H-pyrrole nitrogens is 1. The third-order valence-corrected chi connectivity index (χ3v) is 3.99. The molecule has 0 spiro atoms. The fourth-order valence-electron chi connectivity index (χ4n) is 2.78. The first-order chi connectivity index (χ1) is 12.1. The van der Waals surface area contributed by atoms with Gasteiger partial charge >= 0.3 is 5.97 Å². The van der Waals surface area contributed by atoms with Crippen molar-refractivity contribution in [1.82, 2.24) is 4.98 Å². The number of rotatable bonds is 4. The fourth-order valence-corrected chi connectivity index (χ4v) is 2.78. The van der Waals surface area contributed by atoms with Crippen molar-refractivity contribution in [3.05, 3.63) is 93.7 Å². The monoisotopic (exact) mass is 337 g/mol. The van der Waals surface area contributed by atoms with Gasteiger partial charge in [0.2, 0.25) is 0 Å². The number of hydrogen-bond donors (Lipinski definition) is 1. The molecule has 1 N–H and O–H groups in total. The molecule has 1 heterocycles. The fraction of sp³-hybridized carbons (Fsp3) is 0.100. The van der Waals surface area contributed by atoms with Crippen LogP contribution in [0.2, 0.25) is 0 Å². The Hall–Kier alpha value is -3.21. The number of aromatic amines is 1. The van der Waals surface area contributed by atoms with Crippen LogP contribution in [0.25, 0.3) is 11.1 Å². The van der Waals surface area contributed by atoms with Gasteiger partial charge in [-0.3, -0.25) is 4.79 Å². The summed E-state index contributed by atoms with van der Waals surface area (Å²) in [6, 6.07) is 15.5. The van der Waals surface area contributed by atoms with Crippen molar-refractivity contribution in [2.45, 2.75) is 6.42 Å². The third-order valence-electron chi connectivity index (χ3n) is 3.99. The zero-order valence-corrected chi connectivity index (χ0v) is 13.6. The lowest BCUT2D eigenvalue weighted by molar-refractivity contribution is 0.0597. The molecule has 0 bridgehead atoms. The highest BCUT2D eigenvalue weighted by Gasteiger charge is 2.17. The molecule has 126 valence electrons. The van der Waals surface area contributed by atoms with Gasteiger partial charge in [0.15, 0.2) is 0 Å². The molecule has 0 unspecified atom stereocenters. The number of benzene rings is 2. The predicted molar refractivity (Wildman–Crippen MR) is 93.0 cm³/mol. The molecule has 0 aliphatic heterocycles. The molecule has 0 amide bonds. The maximum absolute atomic E-state index is 13.2. The minimum atomic E-state index is -0.670. The van der Waals surface area contributed by atoms with Crippen molar-refractivity contribution in [1.29, 1.82) is 0 Å². The summed E-state index contributed by atoms with van der Waals surface area (Å²) in [4.78, 5) is 26.5. The second kappa shape index (κ2) is 7.13. The molecular weight excluding hydrogens is 321 g/mol. The van der Waals surface area contributed by atoms with E-state index in [1.54, 1.807) is 18.2 Å². The quantitative estimate of drug-likeness (QED) is 0.741. The Balaban J connectivity index is 2.06. The lowest BCUT2D eigenvalue weighted by Crippen LogP contribution is -2.21. The molecule has 0 aliphatic rings. The smallest absolute Gasteiger partial charge is 0.343 e. The summed E-state index contributed by atoms with van der Waals surface area (Å²) < 4.78 is 17.9. The van der Waals surface area contributed by atoms with E-state index in [1.807, 2.05) is 24.3 Å². The predicted octanol–water partition coefficient (Wildman–Crippen LogP) is 3.56. The number of carbonyl (C=O) groups excluding carboxylic acids is 1. The molecule has 0 fully saturated rings. The minimum absolute atomic E-state index is 0.00101. The Kier molecular flexibility index (Phi) is 4.75. The van der Waals surface area contributed by atoms with E-state index in [2.05, 4.69) is 4.98 Å². The summed E-state index contributed by atoms with van der Waals surface area (Å²) in [6.07, 6.45) is 1.88. The molecule has 5 heteroatoms. The maximum atomic E-state index is 13.2. The molecule has 0 saturated carbocycles. The van der Waals surface area contributed by atoms with Crippen molar-refractivity contribution in [2.24, 2.45) is 0 Å². The standard InChI is InChI=1S/C20H16FNO3/c1-25-20(24)18-15(10-11-22-19(18)23)12-14-4-2-3-5-17(14)13-6-8-16(21)9-7-13/h2-11H,12H2,1H3,(H,22,23). The van der Waals surface area contributed by atoms with Gasteiger partial charge in [0, 0.05) is 6.20 Å². The van der Waals surface area contributed by atoms with Gasteiger partial charge in [0.05, 0.1) is 7.11 Å². The van der Waals surface area contributed by atoms with Crippen LogP contribution in [0.4, 0.5) is 4.39 Å². The minimum Gasteiger partial charge on any atom is -0.465 e. The Labute approximate surface area is 143 Å². The zero-order chi connectivity index (χ0) is 17.8. The molecule has 2 aromatic carbocycles. The van der Waals surface area contributed by atoms with Crippen LogP contribution in [0, 0.1) is 5.82 Å². The molecule has 25 heavy (non-hydrogen) atoms. The van der Waals surface area contributed by atoms with Crippen molar-refractivity contribution >= 4 is 5.97 Å². The topological polar surface area (TPSA) is 59.2 Å². The molecule has 1 aromatic heterocycles. The van der Waals surface area contributed by atoms with Crippen LogP contribution in [0.5, 0.6) is 0 Å². The summed E-state index contributed by atoms with van der Waals surface area (Å²) in [5.74, 6) is -0.972. The largest absolute Gasteiger partial charge is 0.465 e. The molecule has 0 atom stereocenters. The average molecular weight is 337 g/mol. The van der Waals surface area contributed by atoms with Gasteiger partial charge in [-0.15, -0.1) is 0 Å². The molecule has 0 radical (unpaired) electrons. The van der Waals surface area contributed by atoms with E-state index in [1.165, 1.54) is 25.4 Å². The van der Waals surface area contributed by atoms with Crippen molar-refractivity contribution in [2.75, 3.05) is 7.11 Å². The zero-order valence-electron chi connectivity index (χ0n) is 13.6. The van der Waals surface area contributed by atoms with Crippen molar-refractivity contribution in [3.63, 3.8) is 0 Å². The van der Waals surface area contributed by atoms with Crippen LogP contribution in [-0.4, -0.2) is 18.1 Å². The Bertz CT molecular complexity index is 961. The summed E-state index contributed by atoms with van der Waals surface area (Å²) >= 11 is 0. The first-order valence-electron chi connectivity index (χ1n) is 7.73. The Morgan fingerprint density at radius 3 is 2.48 bits per heavy atom. The molecule has 3 rings (SSSR count). The van der Waals surface area contributed by atoms with Crippen molar-refractivity contribution in [3.8, 4) is 11.1 Å². The average Bonchev–Trinajstić information content (AvgIpc) is 2.63. The highest BCUT2D eigenvalue weighted by atomic mass is 19.1. The summed E-state index contributed by atoms with van der Waals surface area (Å²) in [5, 5.41) is 0. The van der Waals surface area contributed by atoms with E-state index in [0.29, 0.717) is 12.0 Å². The number of hydrogen-bond acceptors (Lipinski definition) is 3. The van der Waals surface area contributed by atoms with E-state index >= 15 is 0 Å². The number of ether oxygens (including phenoxy) is 1. The highest BCUT2D eigenvalue weighted by Crippen LogP contribution is 2.26. The number of pyridine rings is 1. The molecular formula is C20H16FNO3.